The Balaban J connectivity index is 1.33. The summed E-state index contributed by atoms with van der Waals surface area (Å²) in [5, 5.41) is 6.49. The minimum atomic E-state index is -1.58. The molecule has 0 fully saturated rings. The molecule has 0 N–H and O–H groups in total. The fourth-order valence-corrected chi connectivity index (χ4v) is 12.5. The molecule has 394 valence electrons. The van der Waals surface area contributed by atoms with Crippen molar-refractivity contribution in [3.63, 3.8) is 0 Å². The quantitative estimate of drug-likeness (QED) is 0.177. The minimum Gasteiger partial charge on any atom is -0.415 e. The molecule has 0 saturated heterocycles. The van der Waals surface area contributed by atoms with Crippen LogP contribution in [0, 0.1) is 0 Å². The van der Waals surface area contributed by atoms with Crippen molar-refractivity contribution in [3.8, 4) is 21.7 Å². The van der Waals surface area contributed by atoms with Crippen LogP contribution in [0.1, 0.15) is 211 Å². The smallest absolute Gasteiger partial charge is 0.252 e. The number of rotatable bonds is 3. The molecule has 8 aromatic rings. The molecule has 0 aliphatic rings. The van der Waals surface area contributed by atoms with Crippen molar-refractivity contribution in [1.29, 1.82) is 0 Å². The molecule has 0 unspecified atom stereocenters. The summed E-state index contributed by atoms with van der Waals surface area (Å²) in [5.74, 6) is 0. The topological polar surface area (TPSA) is 52.6 Å². The lowest BCUT2D eigenvalue weighted by Crippen LogP contribution is -2.17. The first-order chi connectivity index (χ1) is 33.7. The van der Waals surface area contributed by atoms with Gasteiger partial charge in [-0.2, -0.15) is 0 Å². The van der Waals surface area contributed by atoms with Crippen LogP contribution in [-0.4, -0.2) is 0 Å². The first kappa shape index (κ1) is 55.4. The van der Waals surface area contributed by atoms with E-state index >= 15 is 0 Å². The van der Waals surface area contributed by atoms with E-state index in [1.165, 1.54) is 44.5 Å². The molecule has 2 aromatic heterocycles. The fraction of sp³-hybridized carbons (Fsp3) is 0.471. The van der Waals surface area contributed by atoms with E-state index in [9.17, 15) is 0 Å². The van der Waals surface area contributed by atoms with Gasteiger partial charge in [0.15, 0.2) is 0 Å². The van der Waals surface area contributed by atoms with E-state index < -0.39 is 16.0 Å². The van der Waals surface area contributed by atoms with Crippen molar-refractivity contribution >= 4 is 59.9 Å². The highest BCUT2D eigenvalue weighted by atomic mass is 31.1. The molecule has 6 aromatic carbocycles. The van der Waals surface area contributed by atoms with Crippen molar-refractivity contribution < 1.29 is 16.8 Å². The molecule has 74 heavy (non-hydrogen) atoms. The van der Waals surface area contributed by atoms with Gasteiger partial charge in [-0.15, -0.1) is 0 Å². The molecular formula is C68H88O4P2. The molecule has 0 saturated carbocycles. The van der Waals surface area contributed by atoms with Gasteiger partial charge in [0.05, 0.1) is 10.6 Å². The summed E-state index contributed by atoms with van der Waals surface area (Å²) >= 11 is 0. The number of hydrogen-bond acceptors (Lipinski definition) is 4. The van der Waals surface area contributed by atoms with Crippen molar-refractivity contribution in [2.24, 2.45) is 0 Å². The Morgan fingerprint density at radius 1 is 0.243 bits per heavy atom. The maximum Gasteiger partial charge on any atom is 0.252 e. The second-order valence-electron chi connectivity index (χ2n) is 29.6. The zero-order chi connectivity index (χ0) is 54.8. The van der Waals surface area contributed by atoms with Crippen LogP contribution in [0.5, 0.6) is 0 Å². The van der Waals surface area contributed by atoms with Crippen LogP contribution >= 0.6 is 16.0 Å². The first-order valence-corrected chi connectivity index (χ1v) is 29.4. The van der Waals surface area contributed by atoms with Gasteiger partial charge >= 0.3 is 0 Å². The van der Waals surface area contributed by atoms with Crippen LogP contribution in [0.2, 0.25) is 0 Å². The van der Waals surface area contributed by atoms with Gasteiger partial charge in [-0.05, 0) is 125 Å². The lowest BCUT2D eigenvalue weighted by Gasteiger charge is -2.27. The van der Waals surface area contributed by atoms with Gasteiger partial charge in [0.25, 0.3) is 16.0 Å². The molecule has 0 aliphatic carbocycles. The standard InChI is InChI=1S/C68H88O4P2/c1-61(2,3)43-33-49-50-34-44(62(4,5)6)38-54(66(16,17)18)58(50)70-73(69-57(49)53(37-43)65(13,14)15)47-29-25-41(26-30-47)42-27-31-48(32-28-42)74-71-59-51(35-45(63(7,8)9)39-55(59)67(19,20)21)52-36-46(64(10,11)12)40-56(60(52)72-74)68(22,23)24/h25-40H,1-24H3. The Bertz CT molecular complexity index is 3100. The molecule has 4 nitrogen and oxygen atoms in total. The molecule has 2 heterocycles. The van der Waals surface area contributed by atoms with E-state index in [0.717, 1.165) is 65.6 Å². The predicted octanol–water partition coefficient (Wildman–Crippen LogP) is 22.9. The third-order valence-electron chi connectivity index (χ3n) is 14.8. The van der Waals surface area contributed by atoms with Crippen LogP contribution in [0.25, 0.3) is 65.6 Å². The summed E-state index contributed by atoms with van der Waals surface area (Å²) in [6.45, 7) is 55.2. The summed E-state index contributed by atoms with van der Waals surface area (Å²) in [6, 6.07) is 36.7. The Hall–Kier alpha value is -4.88. The van der Waals surface area contributed by atoms with Crippen molar-refractivity contribution in [2.75, 3.05) is 0 Å². The largest absolute Gasteiger partial charge is 0.415 e. The van der Waals surface area contributed by atoms with Gasteiger partial charge in [-0.3, -0.25) is 0 Å². The molecule has 0 radical (unpaired) electrons. The van der Waals surface area contributed by atoms with E-state index in [4.69, 9.17) is 16.8 Å². The maximum atomic E-state index is 7.35. The molecule has 8 rings (SSSR count). The summed E-state index contributed by atoms with van der Waals surface area (Å²) in [4.78, 5) is 0. The summed E-state index contributed by atoms with van der Waals surface area (Å²) in [6.07, 6.45) is 0. The van der Waals surface area contributed by atoms with Gasteiger partial charge < -0.3 is 16.8 Å². The highest BCUT2D eigenvalue weighted by Gasteiger charge is 2.31. The van der Waals surface area contributed by atoms with Gasteiger partial charge in [-0.25, -0.2) is 0 Å². The summed E-state index contributed by atoms with van der Waals surface area (Å²) in [7, 11) is -3.16. The number of benzene rings is 6. The highest BCUT2D eigenvalue weighted by molar-refractivity contribution is 7.45. The zero-order valence-corrected chi connectivity index (χ0v) is 51.6. The molecular weight excluding hydrogens is 943 g/mol. The molecule has 0 amide bonds. The van der Waals surface area contributed by atoms with Crippen molar-refractivity contribution in [3.05, 3.63) is 142 Å². The van der Waals surface area contributed by atoms with Gasteiger partial charge in [0.2, 0.25) is 0 Å². The molecule has 0 aliphatic heterocycles. The Kier molecular flexibility index (Phi) is 13.8. The third-order valence-corrected chi connectivity index (χ3v) is 17.7. The lowest BCUT2D eigenvalue weighted by atomic mass is 9.77. The predicted molar refractivity (Wildman–Crippen MR) is 324 cm³/mol. The normalized spacial score (nSPS) is 13.7. The summed E-state index contributed by atoms with van der Waals surface area (Å²) < 4.78 is 29.4. The fourth-order valence-electron chi connectivity index (χ4n) is 9.80. The minimum absolute atomic E-state index is 0.0677. The van der Waals surface area contributed by atoms with E-state index in [2.05, 4.69) is 263 Å². The number of hydrogen-bond donors (Lipinski definition) is 0. The second-order valence-corrected chi connectivity index (χ2v) is 32.4. The van der Waals surface area contributed by atoms with E-state index in [1.54, 1.807) is 0 Å². The van der Waals surface area contributed by atoms with Gasteiger partial charge in [-0.1, -0.05) is 215 Å². The van der Waals surface area contributed by atoms with Crippen LogP contribution in [0.15, 0.2) is 114 Å². The number of fused-ring (bicyclic) bond motifs is 6. The van der Waals surface area contributed by atoms with Crippen molar-refractivity contribution in [1.82, 2.24) is 0 Å². The van der Waals surface area contributed by atoms with Crippen molar-refractivity contribution in [2.45, 2.75) is 209 Å². The molecule has 0 spiro atoms. The summed E-state index contributed by atoms with van der Waals surface area (Å²) in [5.41, 5.74) is 14.9. The SMILES string of the molecule is CC(C)(C)c1cc(C(C)(C)C)c2op(-c3ccc(-c4ccc(-p5oc6c(C(C)(C)C)cc(C(C)(C)C)cc6c6cc(C(C)(C)C)cc(C(C)(C)C)c6o5)cc4)cc3)oc3c(C(C)(C)C)cc(C(C)(C)C)cc3c2c1. The Labute approximate surface area is 447 Å². The van der Waals surface area contributed by atoms with Crippen LogP contribution in [0.4, 0.5) is 0 Å². The highest BCUT2D eigenvalue weighted by Crippen LogP contribution is 2.52. The second kappa shape index (κ2) is 18.4. The monoisotopic (exact) mass is 1030 g/mol. The third kappa shape index (κ3) is 11.0. The van der Waals surface area contributed by atoms with E-state index in [-0.39, 0.29) is 43.3 Å². The lowest BCUT2D eigenvalue weighted by molar-refractivity contribution is 0.555. The molecule has 6 heteroatoms. The van der Waals surface area contributed by atoms with Gasteiger partial charge in [0.1, 0.15) is 22.3 Å². The first-order valence-electron chi connectivity index (χ1n) is 27.0. The maximum absolute atomic E-state index is 7.35. The van der Waals surface area contributed by atoms with Crippen LogP contribution in [0.3, 0.4) is 0 Å². The molecule has 0 atom stereocenters. The molecule has 0 bridgehead atoms. The Morgan fingerprint density at radius 3 is 0.595 bits per heavy atom. The van der Waals surface area contributed by atoms with Crippen LogP contribution < -0.4 is 0 Å². The van der Waals surface area contributed by atoms with Gasteiger partial charge in [0, 0.05) is 43.8 Å². The average Bonchev–Trinajstić information content (AvgIpc) is 3.53. The average molecular weight is 1030 g/mol. The Morgan fingerprint density at radius 2 is 0.432 bits per heavy atom. The zero-order valence-electron chi connectivity index (χ0n) is 49.8. The van der Waals surface area contributed by atoms with E-state index in [0.29, 0.717) is 0 Å². The van der Waals surface area contributed by atoms with Crippen LogP contribution in [-0.2, 0) is 43.3 Å². The van der Waals surface area contributed by atoms with E-state index in [1.807, 2.05) is 0 Å².